The van der Waals surface area contributed by atoms with Gasteiger partial charge in [0.2, 0.25) is 0 Å². The Hall–Kier alpha value is -2.11. The summed E-state index contributed by atoms with van der Waals surface area (Å²) in [5.74, 6) is -1.73. The lowest BCUT2D eigenvalue weighted by molar-refractivity contribution is -0.140. The third-order valence-electron chi connectivity index (χ3n) is 2.92. The van der Waals surface area contributed by atoms with Crippen LogP contribution in [0.3, 0.4) is 0 Å². The summed E-state index contributed by atoms with van der Waals surface area (Å²) in [6, 6.07) is 4.63. The number of benzene rings is 1. The molecule has 0 spiro atoms. The lowest BCUT2D eigenvalue weighted by atomic mass is 10.1. The molecular weight excluding hydrogens is 263 g/mol. The van der Waals surface area contributed by atoms with Gasteiger partial charge in [0, 0.05) is 19.2 Å². The van der Waals surface area contributed by atoms with E-state index in [-0.39, 0.29) is 12.5 Å². The fourth-order valence-corrected chi connectivity index (χ4v) is 1.71. The molecule has 0 saturated heterocycles. The van der Waals surface area contributed by atoms with E-state index in [1.54, 1.807) is 32.0 Å². The van der Waals surface area contributed by atoms with Crippen LogP contribution >= 0.6 is 0 Å². The highest BCUT2D eigenvalue weighted by atomic mass is 19.1. The van der Waals surface area contributed by atoms with Crippen LogP contribution in [-0.4, -0.2) is 35.1 Å². The standard InChI is InChI=1S/C14H19FN2O3/c1-9(2)12(13(18)19)16-14(20)17(3)8-10-6-4-5-7-11(10)15/h4-7,9,12H,8H2,1-3H3,(H,16,20)(H,18,19)/t12-/m0/s1. The van der Waals surface area contributed by atoms with Gasteiger partial charge in [-0.2, -0.15) is 0 Å². The van der Waals surface area contributed by atoms with E-state index in [9.17, 15) is 14.0 Å². The molecule has 0 fully saturated rings. The molecule has 20 heavy (non-hydrogen) atoms. The van der Waals surface area contributed by atoms with E-state index < -0.39 is 23.9 Å². The number of urea groups is 1. The summed E-state index contributed by atoms with van der Waals surface area (Å²) in [6.45, 7) is 3.48. The fraction of sp³-hybridized carbons (Fsp3) is 0.429. The molecule has 0 aliphatic carbocycles. The van der Waals surface area contributed by atoms with Crippen LogP contribution in [0.5, 0.6) is 0 Å². The molecule has 1 aromatic rings. The number of amides is 2. The Morgan fingerprint density at radius 3 is 2.45 bits per heavy atom. The summed E-state index contributed by atoms with van der Waals surface area (Å²) in [5.41, 5.74) is 0.376. The van der Waals surface area contributed by atoms with Crippen molar-refractivity contribution in [1.82, 2.24) is 10.2 Å². The number of nitrogens with one attached hydrogen (secondary N) is 1. The Bertz CT molecular complexity index is 491. The number of nitrogens with zero attached hydrogens (tertiary/aromatic N) is 1. The molecule has 0 bridgehead atoms. The van der Waals surface area contributed by atoms with Gasteiger partial charge in [0.1, 0.15) is 11.9 Å². The van der Waals surface area contributed by atoms with Crippen molar-refractivity contribution in [2.75, 3.05) is 7.05 Å². The maximum atomic E-state index is 13.5. The van der Waals surface area contributed by atoms with Gasteiger partial charge < -0.3 is 15.3 Å². The van der Waals surface area contributed by atoms with E-state index >= 15 is 0 Å². The average Bonchev–Trinajstić information content (AvgIpc) is 2.37. The van der Waals surface area contributed by atoms with Crippen LogP contribution in [-0.2, 0) is 11.3 Å². The number of carbonyl (C=O) groups excluding carboxylic acids is 1. The Kier molecular flexibility index (Phi) is 5.49. The van der Waals surface area contributed by atoms with Crippen LogP contribution < -0.4 is 5.32 Å². The minimum Gasteiger partial charge on any atom is -0.480 e. The van der Waals surface area contributed by atoms with Gasteiger partial charge in [0.15, 0.2) is 0 Å². The Balaban J connectivity index is 2.68. The Labute approximate surface area is 117 Å². The summed E-state index contributed by atoms with van der Waals surface area (Å²) >= 11 is 0. The largest absolute Gasteiger partial charge is 0.480 e. The van der Waals surface area contributed by atoms with E-state index in [2.05, 4.69) is 5.32 Å². The SMILES string of the molecule is CC(C)[C@H](NC(=O)N(C)Cc1ccccc1F)C(=O)O. The number of carboxylic acids is 1. The molecule has 0 aliphatic rings. The van der Waals surface area contributed by atoms with Crippen LogP contribution in [0, 0.1) is 11.7 Å². The van der Waals surface area contributed by atoms with Crippen LogP contribution in [0.15, 0.2) is 24.3 Å². The van der Waals surface area contributed by atoms with E-state index in [0.29, 0.717) is 5.56 Å². The van der Waals surface area contributed by atoms with Crippen molar-refractivity contribution in [3.05, 3.63) is 35.6 Å². The zero-order chi connectivity index (χ0) is 15.3. The molecule has 0 saturated carbocycles. The summed E-state index contributed by atoms with van der Waals surface area (Å²) in [4.78, 5) is 24.2. The molecule has 0 aliphatic heterocycles. The highest BCUT2D eigenvalue weighted by Gasteiger charge is 2.24. The first-order valence-electron chi connectivity index (χ1n) is 6.30. The highest BCUT2D eigenvalue weighted by molar-refractivity contribution is 5.82. The molecule has 2 amide bonds. The second kappa shape index (κ2) is 6.88. The topological polar surface area (TPSA) is 69.6 Å². The second-order valence-electron chi connectivity index (χ2n) is 4.96. The van der Waals surface area contributed by atoms with Gasteiger partial charge >= 0.3 is 12.0 Å². The van der Waals surface area contributed by atoms with Crippen LogP contribution in [0.4, 0.5) is 9.18 Å². The van der Waals surface area contributed by atoms with Gasteiger partial charge in [-0.1, -0.05) is 32.0 Å². The summed E-state index contributed by atoms with van der Waals surface area (Å²) in [6.07, 6.45) is 0. The van der Waals surface area contributed by atoms with Crippen LogP contribution in [0.25, 0.3) is 0 Å². The molecule has 110 valence electrons. The van der Waals surface area contributed by atoms with E-state index in [1.165, 1.54) is 18.0 Å². The zero-order valence-corrected chi connectivity index (χ0v) is 11.8. The van der Waals surface area contributed by atoms with Crippen molar-refractivity contribution >= 4 is 12.0 Å². The molecule has 1 atom stereocenters. The minimum absolute atomic E-state index is 0.0724. The van der Waals surface area contributed by atoms with Crippen molar-refractivity contribution in [3.8, 4) is 0 Å². The molecule has 0 unspecified atom stereocenters. The summed E-state index contributed by atoms with van der Waals surface area (Å²) in [5, 5.41) is 11.4. The van der Waals surface area contributed by atoms with Crippen LogP contribution in [0.2, 0.25) is 0 Å². The molecule has 0 aromatic heterocycles. The van der Waals surface area contributed by atoms with Gasteiger partial charge in [0.05, 0.1) is 0 Å². The first-order chi connectivity index (χ1) is 9.32. The number of aliphatic carboxylic acids is 1. The third kappa shape index (κ3) is 4.22. The smallest absolute Gasteiger partial charge is 0.326 e. The molecule has 0 heterocycles. The molecule has 5 nitrogen and oxygen atoms in total. The molecular formula is C14H19FN2O3. The lowest BCUT2D eigenvalue weighted by Gasteiger charge is -2.23. The number of halogens is 1. The van der Waals surface area contributed by atoms with Crippen LogP contribution in [0.1, 0.15) is 19.4 Å². The van der Waals surface area contributed by atoms with Crippen molar-refractivity contribution in [1.29, 1.82) is 0 Å². The van der Waals surface area contributed by atoms with Gasteiger partial charge in [-0.05, 0) is 12.0 Å². The predicted octanol–water partition coefficient (Wildman–Crippen LogP) is 2.08. The van der Waals surface area contributed by atoms with E-state index in [4.69, 9.17) is 5.11 Å². The average molecular weight is 282 g/mol. The fourth-order valence-electron chi connectivity index (χ4n) is 1.71. The first kappa shape index (κ1) is 15.9. The maximum Gasteiger partial charge on any atom is 0.326 e. The zero-order valence-electron chi connectivity index (χ0n) is 11.8. The Morgan fingerprint density at radius 1 is 1.35 bits per heavy atom. The van der Waals surface area contributed by atoms with E-state index in [1.807, 2.05) is 0 Å². The number of hydrogen-bond donors (Lipinski definition) is 2. The molecule has 0 radical (unpaired) electrons. The van der Waals surface area contributed by atoms with Crippen molar-refractivity contribution in [3.63, 3.8) is 0 Å². The van der Waals surface area contributed by atoms with Gasteiger partial charge in [-0.15, -0.1) is 0 Å². The quantitative estimate of drug-likeness (QED) is 0.868. The lowest BCUT2D eigenvalue weighted by Crippen LogP contribution is -2.48. The molecule has 1 aromatic carbocycles. The first-order valence-corrected chi connectivity index (χ1v) is 6.30. The summed E-state index contributed by atoms with van der Waals surface area (Å²) < 4.78 is 13.5. The monoisotopic (exact) mass is 282 g/mol. The van der Waals surface area contributed by atoms with Gasteiger partial charge in [0.25, 0.3) is 0 Å². The predicted molar refractivity (Wildman–Crippen MR) is 72.7 cm³/mol. The summed E-state index contributed by atoms with van der Waals surface area (Å²) in [7, 11) is 1.49. The van der Waals surface area contributed by atoms with E-state index in [0.717, 1.165) is 0 Å². The van der Waals surface area contributed by atoms with Crippen molar-refractivity contribution < 1.29 is 19.1 Å². The number of carboxylic acid groups (broad SMARTS) is 1. The normalized spacial score (nSPS) is 12.1. The molecule has 1 rings (SSSR count). The minimum atomic E-state index is -1.09. The van der Waals surface area contributed by atoms with Gasteiger partial charge in [-0.25, -0.2) is 14.0 Å². The highest BCUT2D eigenvalue weighted by Crippen LogP contribution is 2.09. The van der Waals surface area contributed by atoms with Crippen molar-refractivity contribution in [2.45, 2.75) is 26.4 Å². The number of carbonyl (C=O) groups is 2. The third-order valence-corrected chi connectivity index (χ3v) is 2.92. The second-order valence-corrected chi connectivity index (χ2v) is 4.96. The van der Waals surface area contributed by atoms with Crippen molar-refractivity contribution in [2.24, 2.45) is 5.92 Å². The number of rotatable bonds is 5. The maximum absolute atomic E-state index is 13.5. The molecule has 2 N–H and O–H groups in total. The Morgan fingerprint density at radius 2 is 1.95 bits per heavy atom. The van der Waals surface area contributed by atoms with Gasteiger partial charge in [-0.3, -0.25) is 0 Å². The number of hydrogen-bond acceptors (Lipinski definition) is 2. The molecule has 6 heteroatoms.